The Morgan fingerprint density at radius 3 is 2.59 bits per heavy atom. The summed E-state index contributed by atoms with van der Waals surface area (Å²) < 4.78 is 0. The van der Waals surface area contributed by atoms with Crippen molar-refractivity contribution in [2.24, 2.45) is 11.8 Å². The fraction of sp³-hybridized carbons (Fsp3) is 0.643. The van der Waals surface area contributed by atoms with Crippen LogP contribution in [0.4, 0.5) is 0 Å². The Bertz CT molecular complexity index is 364. The van der Waals surface area contributed by atoms with E-state index in [4.69, 9.17) is 0 Å². The molecule has 0 fully saturated rings. The van der Waals surface area contributed by atoms with Gasteiger partial charge in [0.15, 0.2) is 0 Å². The van der Waals surface area contributed by atoms with Crippen LogP contribution in [-0.4, -0.2) is 18.1 Å². The minimum atomic E-state index is 0.568. The van der Waals surface area contributed by atoms with Crippen molar-refractivity contribution in [3.8, 4) is 0 Å². The van der Waals surface area contributed by atoms with Crippen LogP contribution in [0.2, 0.25) is 0 Å². The summed E-state index contributed by atoms with van der Waals surface area (Å²) in [7, 11) is 0. The van der Waals surface area contributed by atoms with Crippen LogP contribution in [0.1, 0.15) is 38.4 Å². The molecule has 3 heteroatoms. The van der Waals surface area contributed by atoms with Crippen LogP contribution in [0.25, 0.3) is 6.08 Å². The molecule has 96 valence electrons. The number of hydrogen-bond donors (Lipinski definition) is 1. The van der Waals surface area contributed by atoms with Gasteiger partial charge in [0.1, 0.15) is 5.01 Å². The van der Waals surface area contributed by atoms with Crippen molar-refractivity contribution in [1.82, 2.24) is 10.3 Å². The van der Waals surface area contributed by atoms with Crippen molar-refractivity contribution in [3.63, 3.8) is 0 Å². The van der Waals surface area contributed by atoms with E-state index in [2.05, 4.69) is 49.5 Å². The third-order valence-electron chi connectivity index (χ3n) is 2.57. The van der Waals surface area contributed by atoms with E-state index >= 15 is 0 Å². The molecule has 0 aliphatic carbocycles. The average Bonchev–Trinajstić information content (AvgIpc) is 2.62. The van der Waals surface area contributed by atoms with E-state index in [1.54, 1.807) is 11.3 Å². The van der Waals surface area contributed by atoms with Gasteiger partial charge in [-0.2, -0.15) is 0 Å². The highest BCUT2D eigenvalue weighted by molar-refractivity contribution is 7.10. The number of hydrogen-bond acceptors (Lipinski definition) is 3. The van der Waals surface area contributed by atoms with Gasteiger partial charge in [0, 0.05) is 17.6 Å². The van der Waals surface area contributed by atoms with Crippen LogP contribution < -0.4 is 5.32 Å². The molecule has 0 bridgehead atoms. The first-order valence-corrected chi connectivity index (χ1v) is 7.20. The maximum atomic E-state index is 4.49. The Morgan fingerprint density at radius 2 is 2.12 bits per heavy atom. The van der Waals surface area contributed by atoms with Gasteiger partial charge in [0.05, 0.1) is 0 Å². The highest BCUT2D eigenvalue weighted by Gasteiger charge is 2.05. The highest BCUT2D eigenvalue weighted by Crippen LogP contribution is 2.17. The van der Waals surface area contributed by atoms with E-state index in [9.17, 15) is 0 Å². The minimum absolute atomic E-state index is 0.568. The van der Waals surface area contributed by atoms with E-state index in [0.717, 1.165) is 23.8 Å². The van der Waals surface area contributed by atoms with Gasteiger partial charge in [-0.15, -0.1) is 11.3 Å². The van der Waals surface area contributed by atoms with Gasteiger partial charge in [0.2, 0.25) is 0 Å². The average molecular weight is 252 g/mol. The molecule has 1 aromatic heterocycles. The van der Waals surface area contributed by atoms with Crippen LogP contribution in [-0.2, 0) is 0 Å². The van der Waals surface area contributed by atoms with Gasteiger partial charge >= 0.3 is 0 Å². The number of nitrogens with zero attached hydrogens (tertiary/aromatic N) is 1. The van der Waals surface area contributed by atoms with Crippen molar-refractivity contribution in [2.45, 2.75) is 34.6 Å². The van der Waals surface area contributed by atoms with Crippen molar-refractivity contribution < 1.29 is 0 Å². The fourth-order valence-electron chi connectivity index (χ4n) is 1.52. The minimum Gasteiger partial charge on any atom is -0.313 e. The molecule has 1 rings (SSSR count). The molecule has 0 radical (unpaired) electrons. The normalized spacial score (nSPS) is 12.8. The number of aromatic nitrogens is 1. The third kappa shape index (κ3) is 5.46. The number of thiazole rings is 1. The summed E-state index contributed by atoms with van der Waals surface area (Å²) in [4.78, 5) is 4.49. The van der Waals surface area contributed by atoms with Gasteiger partial charge in [-0.1, -0.05) is 33.3 Å². The predicted molar refractivity (Wildman–Crippen MR) is 77.4 cm³/mol. The first-order chi connectivity index (χ1) is 7.99. The molecule has 0 saturated carbocycles. The van der Waals surface area contributed by atoms with Gasteiger partial charge in [-0.25, -0.2) is 4.98 Å². The zero-order valence-electron chi connectivity index (χ0n) is 11.6. The van der Waals surface area contributed by atoms with Crippen LogP contribution in [0.5, 0.6) is 0 Å². The molecule has 0 unspecified atom stereocenters. The molecule has 1 N–H and O–H groups in total. The summed E-state index contributed by atoms with van der Waals surface area (Å²) >= 11 is 1.72. The maximum Gasteiger partial charge on any atom is 0.116 e. The quantitative estimate of drug-likeness (QED) is 0.834. The third-order valence-corrected chi connectivity index (χ3v) is 3.48. The zero-order valence-corrected chi connectivity index (χ0v) is 12.4. The molecular weight excluding hydrogens is 228 g/mol. The molecule has 0 amide bonds. The molecule has 0 saturated heterocycles. The van der Waals surface area contributed by atoms with Crippen LogP contribution >= 0.6 is 11.3 Å². The Kier molecular flexibility index (Phi) is 5.86. The summed E-state index contributed by atoms with van der Waals surface area (Å²) in [6.45, 7) is 13.0. The molecule has 2 nitrogen and oxygen atoms in total. The zero-order chi connectivity index (χ0) is 12.8. The van der Waals surface area contributed by atoms with Gasteiger partial charge < -0.3 is 5.32 Å². The lowest BCUT2D eigenvalue weighted by Gasteiger charge is -2.13. The Hall–Kier alpha value is -0.670. The van der Waals surface area contributed by atoms with Crippen molar-refractivity contribution in [1.29, 1.82) is 0 Å². The Labute approximate surface area is 109 Å². The van der Waals surface area contributed by atoms with E-state index in [0.29, 0.717) is 11.8 Å². The molecule has 1 aromatic rings. The topological polar surface area (TPSA) is 24.9 Å². The maximum absolute atomic E-state index is 4.49. The molecule has 17 heavy (non-hydrogen) atoms. The monoisotopic (exact) mass is 252 g/mol. The molecular formula is C14H24N2S. The first-order valence-electron chi connectivity index (χ1n) is 6.32. The van der Waals surface area contributed by atoms with E-state index in [-0.39, 0.29) is 0 Å². The molecule has 1 heterocycles. The van der Waals surface area contributed by atoms with Crippen LogP contribution in [0.3, 0.4) is 0 Å². The predicted octanol–water partition coefficient (Wildman–Crippen LogP) is 3.74. The van der Waals surface area contributed by atoms with E-state index in [1.807, 2.05) is 6.92 Å². The number of nitrogens with one attached hydrogen (secondary N) is 1. The summed E-state index contributed by atoms with van der Waals surface area (Å²) in [5, 5.41) is 6.73. The molecule has 0 spiro atoms. The van der Waals surface area contributed by atoms with Crippen LogP contribution in [0, 0.1) is 18.8 Å². The lowest BCUT2D eigenvalue weighted by molar-refractivity contribution is 0.558. The summed E-state index contributed by atoms with van der Waals surface area (Å²) in [5.74, 6) is 1.27. The molecule has 0 aliphatic heterocycles. The first kappa shape index (κ1) is 14.4. The standard InChI is InChI=1S/C14H24N2S/c1-10(2)7-15-8-13(11(3)4)6-14-16-12(5)9-17-14/h6,9-11,15H,7-8H2,1-5H3. The van der Waals surface area contributed by atoms with Gasteiger partial charge in [-0.05, 0) is 31.4 Å². The van der Waals surface area contributed by atoms with Crippen molar-refractivity contribution in [2.75, 3.05) is 13.1 Å². The van der Waals surface area contributed by atoms with Crippen molar-refractivity contribution >= 4 is 17.4 Å². The highest BCUT2D eigenvalue weighted by atomic mass is 32.1. The van der Waals surface area contributed by atoms with Crippen molar-refractivity contribution in [3.05, 3.63) is 21.7 Å². The lowest BCUT2D eigenvalue weighted by atomic mass is 10.0. The van der Waals surface area contributed by atoms with Crippen LogP contribution in [0.15, 0.2) is 11.0 Å². The summed E-state index contributed by atoms with van der Waals surface area (Å²) in [5.41, 5.74) is 2.54. The number of rotatable bonds is 6. The van der Waals surface area contributed by atoms with E-state index < -0.39 is 0 Å². The van der Waals surface area contributed by atoms with E-state index in [1.165, 1.54) is 5.57 Å². The second kappa shape index (κ2) is 6.92. The van der Waals surface area contributed by atoms with Gasteiger partial charge in [0.25, 0.3) is 0 Å². The van der Waals surface area contributed by atoms with Gasteiger partial charge in [-0.3, -0.25) is 0 Å². The largest absolute Gasteiger partial charge is 0.313 e. The molecule has 0 aliphatic rings. The Balaban J connectivity index is 2.62. The second-order valence-corrected chi connectivity index (χ2v) is 6.12. The Morgan fingerprint density at radius 1 is 1.41 bits per heavy atom. The molecule has 0 aromatic carbocycles. The fourth-order valence-corrected chi connectivity index (χ4v) is 2.28. The lowest BCUT2D eigenvalue weighted by Crippen LogP contribution is -2.23. The second-order valence-electron chi connectivity index (χ2n) is 5.23. The summed E-state index contributed by atoms with van der Waals surface area (Å²) in [6.07, 6.45) is 2.23. The smallest absolute Gasteiger partial charge is 0.116 e. The summed E-state index contributed by atoms with van der Waals surface area (Å²) in [6, 6.07) is 0. The SMILES string of the molecule is Cc1csc(C=C(CNCC(C)C)C(C)C)n1. The molecule has 0 atom stereocenters. The number of aryl methyl sites for hydroxylation is 1.